The van der Waals surface area contributed by atoms with Crippen LogP contribution in [0, 0.1) is 0 Å². The number of methoxy groups -OCH3 is 2. The van der Waals surface area contributed by atoms with Gasteiger partial charge in [-0.1, -0.05) is 0 Å². The van der Waals surface area contributed by atoms with Crippen molar-refractivity contribution < 1.29 is 28.6 Å². The molecule has 1 aromatic rings. The number of amides is 2. The van der Waals surface area contributed by atoms with Gasteiger partial charge in [-0.15, -0.1) is 0 Å². The maximum atomic E-state index is 12.4. The van der Waals surface area contributed by atoms with E-state index < -0.39 is 24.0 Å². The standard InChI is InChI=1S/C17H22N2O6/c1-23-16(21)14(10-13-4-3-9-25-13)19-15(20)11-5-7-12(8-6-11)18-17(22)24-2/h5-8,13-14H,3-4,9-10H2,1-2H3,(H,18,22)(H,19,20). The number of rotatable bonds is 6. The maximum Gasteiger partial charge on any atom is 0.411 e. The van der Waals surface area contributed by atoms with Crippen LogP contribution in [0.25, 0.3) is 0 Å². The zero-order valence-corrected chi connectivity index (χ0v) is 14.2. The molecule has 25 heavy (non-hydrogen) atoms. The fourth-order valence-corrected chi connectivity index (χ4v) is 2.56. The number of ether oxygens (including phenoxy) is 3. The Bertz CT molecular complexity index is 610. The molecule has 2 unspecified atom stereocenters. The van der Waals surface area contributed by atoms with Crippen LogP contribution in [0.5, 0.6) is 0 Å². The minimum absolute atomic E-state index is 0.0592. The Morgan fingerprint density at radius 2 is 1.92 bits per heavy atom. The monoisotopic (exact) mass is 350 g/mol. The maximum absolute atomic E-state index is 12.4. The van der Waals surface area contributed by atoms with Crippen LogP contribution in [0.4, 0.5) is 10.5 Å². The summed E-state index contributed by atoms with van der Waals surface area (Å²) in [4.78, 5) is 35.4. The molecule has 0 bridgehead atoms. The van der Waals surface area contributed by atoms with Gasteiger partial charge in [0.25, 0.3) is 5.91 Å². The molecule has 2 N–H and O–H groups in total. The molecule has 8 heteroatoms. The molecule has 2 atom stereocenters. The molecule has 0 radical (unpaired) electrons. The summed E-state index contributed by atoms with van der Waals surface area (Å²) in [6.07, 6.45) is 1.52. The van der Waals surface area contributed by atoms with Gasteiger partial charge in [0.1, 0.15) is 6.04 Å². The van der Waals surface area contributed by atoms with Gasteiger partial charge in [0.05, 0.1) is 20.3 Å². The molecule has 1 aliphatic heterocycles. The molecule has 2 rings (SSSR count). The van der Waals surface area contributed by atoms with E-state index in [2.05, 4.69) is 15.4 Å². The van der Waals surface area contributed by atoms with E-state index >= 15 is 0 Å². The topological polar surface area (TPSA) is 103 Å². The molecule has 2 amide bonds. The van der Waals surface area contributed by atoms with Gasteiger partial charge in [0.15, 0.2) is 0 Å². The number of nitrogens with one attached hydrogen (secondary N) is 2. The second-order valence-corrected chi connectivity index (χ2v) is 5.61. The van der Waals surface area contributed by atoms with Crippen LogP contribution in [-0.2, 0) is 19.0 Å². The summed E-state index contributed by atoms with van der Waals surface area (Å²) < 4.78 is 14.8. The Morgan fingerprint density at radius 3 is 2.48 bits per heavy atom. The highest BCUT2D eigenvalue weighted by Crippen LogP contribution is 2.18. The Morgan fingerprint density at radius 1 is 1.20 bits per heavy atom. The smallest absolute Gasteiger partial charge is 0.411 e. The first-order valence-corrected chi connectivity index (χ1v) is 7.98. The SMILES string of the molecule is COC(=O)Nc1ccc(C(=O)NC(CC2CCCO2)C(=O)OC)cc1. The van der Waals surface area contributed by atoms with Crippen LogP contribution in [0.15, 0.2) is 24.3 Å². The number of carbonyl (C=O) groups excluding carboxylic acids is 3. The number of hydrogen-bond acceptors (Lipinski definition) is 6. The first kappa shape index (κ1) is 18.7. The van der Waals surface area contributed by atoms with E-state index in [1.807, 2.05) is 0 Å². The van der Waals surface area contributed by atoms with Crippen molar-refractivity contribution in [3.05, 3.63) is 29.8 Å². The van der Waals surface area contributed by atoms with Gasteiger partial charge < -0.3 is 19.5 Å². The molecule has 1 aromatic carbocycles. The first-order chi connectivity index (χ1) is 12.0. The van der Waals surface area contributed by atoms with Gasteiger partial charge in [-0.2, -0.15) is 0 Å². The van der Waals surface area contributed by atoms with Gasteiger partial charge >= 0.3 is 12.1 Å². The lowest BCUT2D eigenvalue weighted by molar-refractivity contribution is -0.143. The predicted octanol–water partition coefficient (Wildman–Crippen LogP) is 1.71. The minimum atomic E-state index is -0.770. The lowest BCUT2D eigenvalue weighted by Crippen LogP contribution is -2.43. The second kappa shape index (κ2) is 9.03. The van der Waals surface area contributed by atoms with Crippen molar-refractivity contribution >= 4 is 23.7 Å². The normalized spacial score (nSPS) is 17.4. The van der Waals surface area contributed by atoms with Crippen LogP contribution < -0.4 is 10.6 Å². The zero-order valence-electron chi connectivity index (χ0n) is 14.2. The molecule has 0 spiro atoms. The molecule has 136 valence electrons. The highest BCUT2D eigenvalue weighted by molar-refractivity contribution is 5.97. The van der Waals surface area contributed by atoms with E-state index in [1.54, 1.807) is 24.3 Å². The predicted molar refractivity (Wildman–Crippen MR) is 89.3 cm³/mol. The summed E-state index contributed by atoms with van der Waals surface area (Å²) in [6, 6.07) is 5.45. The van der Waals surface area contributed by atoms with Gasteiger partial charge in [0.2, 0.25) is 0 Å². The third kappa shape index (κ3) is 5.46. The van der Waals surface area contributed by atoms with Gasteiger partial charge in [-0.05, 0) is 37.1 Å². The summed E-state index contributed by atoms with van der Waals surface area (Å²) in [5.41, 5.74) is 0.851. The van der Waals surface area contributed by atoms with E-state index in [0.717, 1.165) is 12.8 Å². The number of hydrogen-bond donors (Lipinski definition) is 2. The number of anilines is 1. The third-order valence-electron chi connectivity index (χ3n) is 3.89. The van der Waals surface area contributed by atoms with Crippen molar-refractivity contribution in [3.8, 4) is 0 Å². The molecule has 1 saturated heterocycles. The summed E-state index contributed by atoms with van der Waals surface area (Å²) in [6.45, 7) is 0.668. The van der Waals surface area contributed by atoms with E-state index in [0.29, 0.717) is 24.3 Å². The van der Waals surface area contributed by atoms with Crippen LogP contribution in [-0.4, -0.2) is 50.9 Å². The quantitative estimate of drug-likeness (QED) is 0.757. The van der Waals surface area contributed by atoms with Crippen molar-refractivity contribution in [2.24, 2.45) is 0 Å². The molecule has 0 saturated carbocycles. The molecular formula is C17H22N2O6. The van der Waals surface area contributed by atoms with Crippen LogP contribution in [0.1, 0.15) is 29.6 Å². The van der Waals surface area contributed by atoms with Crippen molar-refractivity contribution in [2.75, 3.05) is 26.1 Å². The van der Waals surface area contributed by atoms with Gasteiger partial charge in [-0.3, -0.25) is 10.1 Å². The van der Waals surface area contributed by atoms with Crippen molar-refractivity contribution in [1.29, 1.82) is 0 Å². The largest absolute Gasteiger partial charge is 0.467 e. The average molecular weight is 350 g/mol. The van der Waals surface area contributed by atoms with E-state index in [-0.39, 0.29) is 6.10 Å². The Kier molecular flexibility index (Phi) is 6.76. The summed E-state index contributed by atoms with van der Waals surface area (Å²) in [5.74, 6) is -0.911. The highest BCUT2D eigenvalue weighted by atomic mass is 16.5. The lowest BCUT2D eigenvalue weighted by Gasteiger charge is -2.19. The van der Waals surface area contributed by atoms with Gasteiger partial charge in [-0.25, -0.2) is 9.59 Å². The Hall–Kier alpha value is -2.61. The molecule has 8 nitrogen and oxygen atoms in total. The zero-order chi connectivity index (χ0) is 18.2. The van der Waals surface area contributed by atoms with E-state index in [1.165, 1.54) is 14.2 Å². The average Bonchev–Trinajstić information content (AvgIpc) is 3.14. The lowest BCUT2D eigenvalue weighted by atomic mass is 10.1. The molecular weight excluding hydrogens is 328 g/mol. The van der Waals surface area contributed by atoms with Crippen LogP contribution in [0.2, 0.25) is 0 Å². The molecule has 1 fully saturated rings. The first-order valence-electron chi connectivity index (χ1n) is 7.98. The van der Waals surface area contributed by atoms with Gasteiger partial charge in [0, 0.05) is 24.3 Å². The Balaban J connectivity index is 1.99. The number of carbonyl (C=O) groups is 3. The van der Waals surface area contributed by atoms with E-state index in [4.69, 9.17) is 9.47 Å². The molecule has 1 heterocycles. The minimum Gasteiger partial charge on any atom is -0.467 e. The number of benzene rings is 1. The molecule has 0 aromatic heterocycles. The summed E-state index contributed by atoms with van der Waals surface area (Å²) in [7, 11) is 2.54. The fraction of sp³-hybridized carbons (Fsp3) is 0.471. The highest BCUT2D eigenvalue weighted by Gasteiger charge is 2.28. The van der Waals surface area contributed by atoms with E-state index in [9.17, 15) is 14.4 Å². The van der Waals surface area contributed by atoms with Crippen molar-refractivity contribution in [3.63, 3.8) is 0 Å². The van der Waals surface area contributed by atoms with Crippen LogP contribution >= 0.6 is 0 Å². The fourth-order valence-electron chi connectivity index (χ4n) is 2.56. The van der Waals surface area contributed by atoms with Crippen molar-refractivity contribution in [1.82, 2.24) is 5.32 Å². The summed E-state index contributed by atoms with van der Waals surface area (Å²) in [5, 5.41) is 5.17. The molecule has 1 aliphatic rings. The van der Waals surface area contributed by atoms with Crippen LogP contribution in [0.3, 0.4) is 0 Å². The Labute approximate surface area is 145 Å². The van der Waals surface area contributed by atoms with Crippen molar-refractivity contribution in [2.45, 2.75) is 31.4 Å². The third-order valence-corrected chi connectivity index (χ3v) is 3.89. The second-order valence-electron chi connectivity index (χ2n) is 5.61. The number of esters is 1. The molecule has 0 aliphatic carbocycles. The summed E-state index contributed by atoms with van der Waals surface area (Å²) >= 11 is 0.